The molecule has 0 amide bonds. The summed E-state index contributed by atoms with van der Waals surface area (Å²) in [4.78, 5) is 15.6. The predicted molar refractivity (Wildman–Crippen MR) is 69.5 cm³/mol. The van der Waals surface area contributed by atoms with Crippen molar-refractivity contribution in [2.24, 2.45) is 0 Å². The van der Waals surface area contributed by atoms with Gasteiger partial charge in [0.15, 0.2) is 0 Å². The molecule has 0 spiro atoms. The highest BCUT2D eigenvalue weighted by Crippen LogP contribution is 2.38. The Morgan fingerprint density at radius 1 is 1.56 bits per heavy atom. The number of benzene rings is 1. The van der Waals surface area contributed by atoms with Gasteiger partial charge in [-0.05, 0) is 42.3 Å². The first-order chi connectivity index (χ1) is 8.58. The number of ether oxygens (including phenoxy) is 1. The third-order valence-electron chi connectivity index (χ3n) is 3.27. The molecule has 2 N–H and O–H groups in total. The molecule has 1 aromatic carbocycles. The lowest BCUT2D eigenvalue weighted by atomic mass is 10.0. The van der Waals surface area contributed by atoms with E-state index in [1.807, 2.05) is 6.92 Å². The largest absolute Gasteiger partial charge is 0.383 e. The number of carbonyl (C=O) groups is 1. The summed E-state index contributed by atoms with van der Waals surface area (Å²) < 4.78 is 5.57. The van der Waals surface area contributed by atoms with Gasteiger partial charge in [-0.15, -0.1) is 0 Å². The van der Waals surface area contributed by atoms with E-state index in [0.29, 0.717) is 18.0 Å². The van der Waals surface area contributed by atoms with Crippen LogP contribution in [0.2, 0.25) is 0 Å². The summed E-state index contributed by atoms with van der Waals surface area (Å²) in [5.41, 5.74) is 9.08. The van der Waals surface area contributed by atoms with Crippen LogP contribution in [-0.2, 0) is 11.3 Å². The van der Waals surface area contributed by atoms with Gasteiger partial charge in [0.2, 0.25) is 0 Å². The summed E-state index contributed by atoms with van der Waals surface area (Å²) in [5.74, 6) is 0.493. The molecule has 2 aromatic rings. The van der Waals surface area contributed by atoms with Crippen molar-refractivity contribution in [1.82, 2.24) is 4.98 Å². The molecule has 1 unspecified atom stereocenters. The number of anilines is 1. The van der Waals surface area contributed by atoms with Crippen LogP contribution in [0.5, 0.6) is 0 Å². The van der Waals surface area contributed by atoms with Crippen LogP contribution in [0.15, 0.2) is 18.2 Å². The van der Waals surface area contributed by atoms with Crippen molar-refractivity contribution in [1.29, 1.82) is 0 Å². The van der Waals surface area contributed by atoms with Crippen LogP contribution >= 0.6 is 11.6 Å². The molecule has 1 aliphatic heterocycles. The minimum atomic E-state index is -0.477. The van der Waals surface area contributed by atoms with Gasteiger partial charge in [-0.2, -0.15) is 0 Å². The van der Waals surface area contributed by atoms with Gasteiger partial charge >= 0.3 is 0 Å². The van der Waals surface area contributed by atoms with E-state index < -0.39 is 5.24 Å². The molecule has 92 valence electrons. The number of rotatable bonds is 1. The number of nitrogens with zero attached hydrogens (tertiary/aromatic N) is 1. The lowest BCUT2D eigenvalue weighted by Gasteiger charge is -2.09. The molecule has 1 aromatic heterocycles. The lowest BCUT2D eigenvalue weighted by molar-refractivity contribution is 0.0801. The van der Waals surface area contributed by atoms with Crippen molar-refractivity contribution < 1.29 is 9.53 Å². The first-order valence-corrected chi connectivity index (χ1v) is 5.99. The zero-order chi connectivity index (χ0) is 12.9. The predicted octanol–water partition coefficient (Wildman–Crippen LogP) is 2.79. The average Bonchev–Trinajstić information content (AvgIpc) is 2.72. The standard InChI is InChI=1S/C13H11ClN2O2/c1-6-11-9(5-18-6)8-4-7(12(14)17)2-3-10(8)16-13(11)15/h2-4,6H,5H2,1H3,(H2,15,16). The summed E-state index contributed by atoms with van der Waals surface area (Å²) in [6, 6.07) is 5.15. The molecule has 0 saturated carbocycles. The van der Waals surface area contributed by atoms with Crippen LogP contribution in [0, 0.1) is 0 Å². The van der Waals surface area contributed by atoms with Gasteiger partial charge in [0.25, 0.3) is 5.24 Å². The van der Waals surface area contributed by atoms with Gasteiger partial charge in [0.1, 0.15) is 5.82 Å². The van der Waals surface area contributed by atoms with E-state index >= 15 is 0 Å². The second-order valence-corrected chi connectivity index (χ2v) is 4.69. The first kappa shape index (κ1) is 11.4. The van der Waals surface area contributed by atoms with Gasteiger partial charge in [-0.3, -0.25) is 4.79 Å². The van der Waals surface area contributed by atoms with Gasteiger partial charge < -0.3 is 10.5 Å². The highest BCUT2D eigenvalue weighted by Gasteiger charge is 2.25. The van der Waals surface area contributed by atoms with Crippen LogP contribution < -0.4 is 5.73 Å². The number of aromatic nitrogens is 1. The van der Waals surface area contributed by atoms with Crippen LogP contribution in [-0.4, -0.2) is 10.2 Å². The minimum absolute atomic E-state index is 0.0627. The van der Waals surface area contributed by atoms with Crippen molar-refractivity contribution in [2.75, 3.05) is 5.73 Å². The lowest BCUT2D eigenvalue weighted by Crippen LogP contribution is -2.01. The maximum atomic E-state index is 11.2. The van der Waals surface area contributed by atoms with Gasteiger partial charge in [0, 0.05) is 16.5 Å². The number of pyridine rings is 1. The number of halogens is 1. The Hall–Kier alpha value is -1.65. The Kier molecular flexibility index (Phi) is 2.50. The third kappa shape index (κ3) is 1.57. The smallest absolute Gasteiger partial charge is 0.252 e. The van der Waals surface area contributed by atoms with Crippen molar-refractivity contribution in [3.63, 3.8) is 0 Å². The molecule has 1 aliphatic rings. The fraction of sp³-hybridized carbons (Fsp3) is 0.231. The van der Waals surface area contributed by atoms with E-state index in [-0.39, 0.29) is 6.10 Å². The average molecular weight is 263 g/mol. The molecule has 4 nitrogen and oxygen atoms in total. The summed E-state index contributed by atoms with van der Waals surface area (Å²) in [6.45, 7) is 2.42. The van der Waals surface area contributed by atoms with Crippen LogP contribution in [0.3, 0.4) is 0 Å². The van der Waals surface area contributed by atoms with E-state index in [1.54, 1.807) is 18.2 Å². The molecule has 0 saturated heterocycles. The molecule has 5 heteroatoms. The van der Waals surface area contributed by atoms with E-state index in [9.17, 15) is 4.79 Å². The number of carbonyl (C=O) groups excluding carboxylic acids is 1. The maximum Gasteiger partial charge on any atom is 0.252 e. The molecular formula is C13H11ClN2O2. The van der Waals surface area contributed by atoms with Crippen LogP contribution in [0.4, 0.5) is 5.82 Å². The topological polar surface area (TPSA) is 65.2 Å². The van der Waals surface area contributed by atoms with E-state index in [4.69, 9.17) is 22.1 Å². The summed E-state index contributed by atoms with van der Waals surface area (Å²) in [6.07, 6.45) is -0.0627. The minimum Gasteiger partial charge on any atom is -0.383 e. The van der Waals surface area contributed by atoms with Crippen molar-refractivity contribution in [3.8, 4) is 0 Å². The molecule has 0 radical (unpaired) electrons. The molecule has 2 heterocycles. The molecule has 18 heavy (non-hydrogen) atoms. The summed E-state index contributed by atoms with van der Waals surface area (Å²) >= 11 is 5.50. The monoisotopic (exact) mass is 262 g/mol. The Balaban J connectivity index is 2.35. The van der Waals surface area contributed by atoms with Crippen molar-refractivity contribution >= 4 is 33.6 Å². The van der Waals surface area contributed by atoms with Crippen LogP contribution in [0.25, 0.3) is 10.9 Å². The number of nitrogens with two attached hydrogens (primary N) is 1. The Morgan fingerprint density at radius 2 is 2.33 bits per heavy atom. The Bertz CT molecular complexity index is 670. The zero-order valence-corrected chi connectivity index (χ0v) is 10.5. The molecule has 0 aliphatic carbocycles. The highest BCUT2D eigenvalue weighted by molar-refractivity contribution is 6.67. The third-order valence-corrected chi connectivity index (χ3v) is 3.49. The summed E-state index contributed by atoms with van der Waals surface area (Å²) in [5, 5.41) is 0.407. The zero-order valence-electron chi connectivity index (χ0n) is 9.74. The Morgan fingerprint density at radius 3 is 3.06 bits per heavy atom. The quantitative estimate of drug-likeness (QED) is 0.803. The number of fused-ring (bicyclic) bond motifs is 3. The van der Waals surface area contributed by atoms with Crippen molar-refractivity contribution in [3.05, 3.63) is 34.9 Å². The second kappa shape index (κ2) is 3.93. The number of hydrogen-bond acceptors (Lipinski definition) is 4. The fourth-order valence-corrected chi connectivity index (χ4v) is 2.51. The first-order valence-electron chi connectivity index (χ1n) is 5.61. The van der Waals surface area contributed by atoms with E-state index in [0.717, 1.165) is 22.0 Å². The van der Waals surface area contributed by atoms with E-state index in [2.05, 4.69) is 4.98 Å². The fourth-order valence-electron chi connectivity index (χ4n) is 2.39. The van der Waals surface area contributed by atoms with Crippen molar-refractivity contribution in [2.45, 2.75) is 19.6 Å². The SMILES string of the molecule is CC1OCc2c1c(N)nc1ccc(C(=O)Cl)cc21. The maximum absolute atomic E-state index is 11.2. The normalized spacial score (nSPS) is 18.0. The molecule has 0 fully saturated rings. The second-order valence-electron chi connectivity index (χ2n) is 4.35. The number of nitrogen functional groups attached to an aromatic ring is 1. The van der Waals surface area contributed by atoms with Crippen LogP contribution in [0.1, 0.15) is 34.5 Å². The van der Waals surface area contributed by atoms with E-state index in [1.165, 1.54) is 0 Å². The van der Waals surface area contributed by atoms with Gasteiger partial charge in [-0.1, -0.05) is 0 Å². The molecule has 1 atom stereocenters. The van der Waals surface area contributed by atoms with Gasteiger partial charge in [0.05, 0.1) is 18.2 Å². The van der Waals surface area contributed by atoms with Gasteiger partial charge in [-0.25, -0.2) is 4.98 Å². The Labute approximate surface area is 109 Å². The number of hydrogen-bond donors (Lipinski definition) is 1. The summed E-state index contributed by atoms with van der Waals surface area (Å²) in [7, 11) is 0. The molecule has 0 bridgehead atoms. The molecule has 3 rings (SSSR count). The molecular weight excluding hydrogens is 252 g/mol. The highest BCUT2D eigenvalue weighted by atomic mass is 35.5.